The SMILES string of the molecule is CN1C(=O)c2ccc(NC(=O)CN3CCN(c4ccccc4Cl)CC3)cc2C1=O. The highest BCUT2D eigenvalue weighted by molar-refractivity contribution is 6.33. The van der Waals surface area contributed by atoms with Gasteiger partial charge < -0.3 is 10.2 Å². The number of carbonyl (C=O) groups excluding carboxylic acids is 3. The molecule has 4 rings (SSSR count). The lowest BCUT2D eigenvalue weighted by molar-refractivity contribution is -0.117. The lowest BCUT2D eigenvalue weighted by atomic mass is 10.1. The van der Waals surface area contributed by atoms with Crippen molar-refractivity contribution in [2.24, 2.45) is 0 Å². The number of fused-ring (bicyclic) bond motifs is 1. The third-order valence-corrected chi connectivity index (χ3v) is 5.63. The molecule has 2 aliphatic rings. The maximum absolute atomic E-state index is 12.4. The van der Waals surface area contributed by atoms with Crippen LogP contribution in [0.2, 0.25) is 5.02 Å². The third kappa shape index (κ3) is 3.83. The summed E-state index contributed by atoms with van der Waals surface area (Å²) in [7, 11) is 1.45. The van der Waals surface area contributed by atoms with E-state index in [2.05, 4.69) is 15.1 Å². The minimum atomic E-state index is -0.350. The first-order chi connectivity index (χ1) is 13.9. The van der Waals surface area contributed by atoms with Crippen molar-refractivity contribution < 1.29 is 14.4 Å². The molecule has 0 saturated carbocycles. The summed E-state index contributed by atoms with van der Waals surface area (Å²) in [6.07, 6.45) is 0. The van der Waals surface area contributed by atoms with Gasteiger partial charge in [-0.25, -0.2) is 0 Å². The molecule has 2 heterocycles. The largest absolute Gasteiger partial charge is 0.368 e. The number of carbonyl (C=O) groups is 3. The molecule has 1 fully saturated rings. The molecule has 0 spiro atoms. The summed E-state index contributed by atoms with van der Waals surface area (Å²) in [5, 5.41) is 3.55. The number of rotatable bonds is 4. The van der Waals surface area contributed by atoms with Gasteiger partial charge in [-0.05, 0) is 30.3 Å². The lowest BCUT2D eigenvalue weighted by Crippen LogP contribution is -2.48. The van der Waals surface area contributed by atoms with Crippen LogP contribution in [0.25, 0.3) is 0 Å². The average Bonchev–Trinajstić information content (AvgIpc) is 2.93. The fourth-order valence-corrected chi connectivity index (χ4v) is 3.95. The topological polar surface area (TPSA) is 73.0 Å². The number of nitrogens with zero attached hydrogens (tertiary/aromatic N) is 3. The summed E-state index contributed by atoms with van der Waals surface area (Å²) in [5.74, 6) is -0.822. The molecule has 1 N–H and O–H groups in total. The second-order valence-electron chi connectivity index (χ2n) is 7.19. The Morgan fingerprint density at radius 2 is 1.69 bits per heavy atom. The molecular formula is C21H21ClN4O3. The Morgan fingerprint density at radius 1 is 1.00 bits per heavy atom. The second kappa shape index (κ2) is 7.85. The first-order valence-corrected chi connectivity index (χ1v) is 9.80. The average molecular weight is 413 g/mol. The number of nitrogens with one attached hydrogen (secondary N) is 1. The molecule has 150 valence electrons. The molecule has 2 aromatic rings. The molecule has 2 aromatic carbocycles. The van der Waals surface area contributed by atoms with Crippen molar-refractivity contribution >= 4 is 40.7 Å². The number of benzene rings is 2. The van der Waals surface area contributed by atoms with Gasteiger partial charge >= 0.3 is 0 Å². The van der Waals surface area contributed by atoms with Gasteiger partial charge in [0.1, 0.15) is 0 Å². The number of imide groups is 1. The Bertz CT molecular complexity index is 986. The number of amides is 3. The maximum atomic E-state index is 12.4. The zero-order valence-electron chi connectivity index (χ0n) is 16.0. The molecule has 0 unspecified atom stereocenters. The van der Waals surface area contributed by atoms with Gasteiger partial charge in [0.2, 0.25) is 5.91 Å². The number of hydrogen-bond acceptors (Lipinski definition) is 5. The van der Waals surface area contributed by atoms with Gasteiger partial charge in [-0.1, -0.05) is 23.7 Å². The van der Waals surface area contributed by atoms with Crippen molar-refractivity contribution in [2.75, 3.05) is 50.0 Å². The summed E-state index contributed by atoms with van der Waals surface area (Å²) in [4.78, 5) is 41.9. The molecule has 3 amide bonds. The van der Waals surface area contributed by atoms with E-state index >= 15 is 0 Å². The molecule has 0 bridgehead atoms. The number of anilines is 2. The maximum Gasteiger partial charge on any atom is 0.261 e. The van der Waals surface area contributed by atoms with E-state index in [0.29, 0.717) is 16.8 Å². The molecule has 0 aromatic heterocycles. The van der Waals surface area contributed by atoms with E-state index in [4.69, 9.17) is 11.6 Å². The van der Waals surface area contributed by atoms with Crippen molar-refractivity contribution in [3.63, 3.8) is 0 Å². The third-order valence-electron chi connectivity index (χ3n) is 5.31. The van der Waals surface area contributed by atoms with E-state index in [1.165, 1.54) is 7.05 Å². The molecule has 0 atom stereocenters. The van der Waals surface area contributed by atoms with Crippen LogP contribution in [-0.2, 0) is 4.79 Å². The van der Waals surface area contributed by atoms with Crippen LogP contribution < -0.4 is 10.2 Å². The minimum Gasteiger partial charge on any atom is -0.368 e. The minimum absolute atomic E-state index is 0.152. The summed E-state index contributed by atoms with van der Waals surface area (Å²) in [6, 6.07) is 12.5. The monoisotopic (exact) mass is 412 g/mol. The van der Waals surface area contributed by atoms with E-state index in [-0.39, 0.29) is 24.3 Å². The molecule has 7 nitrogen and oxygen atoms in total. The van der Waals surface area contributed by atoms with Crippen molar-refractivity contribution in [3.05, 3.63) is 58.6 Å². The fourth-order valence-electron chi connectivity index (χ4n) is 3.70. The Balaban J connectivity index is 1.33. The number of para-hydroxylation sites is 1. The highest BCUT2D eigenvalue weighted by Gasteiger charge is 2.32. The van der Waals surface area contributed by atoms with Gasteiger partial charge in [0.05, 0.1) is 28.4 Å². The zero-order chi connectivity index (χ0) is 20.5. The predicted octanol–water partition coefficient (Wildman–Crippen LogP) is 2.33. The Hall–Kier alpha value is -2.90. The molecule has 0 radical (unpaired) electrons. The zero-order valence-corrected chi connectivity index (χ0v) is 16.8. The first-order valence-electron chi connectivity index (χ1n) is 9.42. The van der Waals surface area contributed by atoms with Crippen molar-refractivity contribution in [3.8, 4) is 0 Å². The van der Waals surface area contributed by atoms with Crippen LogP contribution in [0.4, 0.5) is 11.4 Å². The standard InChI is InChI=1S/C21H21ClN4O3/c1-24-20(28)15-7-6-14(12-16(15)21(24)29)23-19(27)13-25-8-10-26(11-9-25)18-5-3-2-4-17(18)22/h2-7,12H,8-11,13H2,1H3,(H,23,27). The van der Waals surface area contributed by atoms with Gasteiger partial charge in [0.25, 0.3) is 11.8 Å². The normalized spacial score (nSPS) is 16.9. The first kappa shape index (κ1) is 19.4. The number of piperazine rings is 1. The fraction of sp³-hybridized carbons (Fsp3) is 0.286. The Labute approximate surface area is 173 Å². The summed E-state index contributed by atoms with van der Waals surface area (Å²) < 4.78 is 0. The molecule has 29 heavy (non-hydrogen) atoms. The quantitative estimate of drug-likeness (QED) is 0.780. The van der Waals surface area contributed by atoms with E-state index in [1.807, 2.05) is 24.3 Å². The van der Waals surface area contributed by atoms with E-state index in [0.717, 1.165) is 41.8 Å². The highest BCUT2D eigenvalue weighted by atomic mass is 35.5. The lowest BCUT2D eigenvalue weighted by Gasteiger charge is -2.36. The van der Waals surface area contributed by atoms with Crippen LogP contribution in [0.3, 0.4) is 0 Å². The van der Waals surface area contributed by atoms with Crippen LogP contribution >= 0.6 is 11.6 Å². The molecular weight excluding hydrogens is 392 g/mol. The van der Waals surface area contributed by atoms with E-state index in [1.54, 1.807) is 18.2 Å². The van der Waals surface area contributed by atoms with Crippen LogP contribution in [0, 0.1) is 0 Å². The molecule has 2 aliphatic heterocycles. The van der Waals surface area contributed by atoms with Gasteiger partial charge in [-0.15, -0.1) is 0 Å². The van der Waals surface area contributed by atoms with Gasteiger partial charge in [-0.2, -0.15) is 0 Å². The van der Waals surface area contributed by atoms with Crippen LogP contribution in [0.1, 0.15) is 20.7 Å². The van der Waals surface area contributed by atoms with Crippen LogP contribution in [0.5, 0.6) is 0 Å². The van der Waals surface area contributed by atoms with Crippen molar-refractivity contribution in [2.45, 2.75) is 0 Å². The second-order valence-corrected chi connectivity index (χ2v) is 7.60. The molecule has 0 aliphatic carbocycles. The van der Waals surface area contributed by atoms with Crippen LogP contribution in [0.15, 0.2) is 42.5 Å². The van der Waals surface area contributed by atoms with Gasteiger partial charge in [-0.3, -0.25) is 24.2 Å². The van der Waals surface area contributed by atoms with Gasteiger partial charge in [0, 0.05) is 38.9 Å². The van der Waals surface area contributed by atoms with E-state index < -0.39 is 0 Å². The Kier molecular flexibility index (Phi) is 5.25. The molecule has 8 heteroatoms. The summed E-state index contributed by atoms with van der Waals surface area (Å²) >= 11 is 6.27. The molecule has 1 saturated heterocycles. The Morgan fingerprint density at radius 3 is 2.41 bits per heavy atom. The number of hydrogen-bond donors (Lipinski definition) is 1. The summed E-state index contributed by atoms with van der Waals surface area (Å²) in [6.45, 7) is 3.35. The van der Waals surface area contributed by atoms with Crippen LogP contribution in [-0.4, -0.2) is 67.3 Å². The smallest absolute Gasteiger partial charge is 0.261 e. The highest BCUT2D eigenvalue weighted by Crippen LogP contribution is 2.26. The van der Waals surface area contributed by atoms with Gasteiger partial charge in [0.15, 0.2) is 0 Å². The summed E-state index contributed by atoms with van der Waals surface area (Å²) in [5.41, 5.74) is 2.22. The van der Waals surface area contributed by atoms with E-state index in [9.17, 15) is 14.4 Å². The van der Waals surface area contributed by atoms with Crippen molar-refractivity contribution in [1.82, 2.24) is 9.80 Å². The van der Waals surface area contributed by atoms with Crippen molar-refractivity contribution in [1.29, 1.82) is 0 Å². The predicted molar refractivity (Wildman–Crippen MR) is 112 cm³/mol. The number of halogens is 1.